The third kappa shape index (κ3) is 4.93. The zero-order valence-electron chi connectivity index (χ0n) is 15.6. The van der Waals surface area contributed by atoms with Crippen LogP contribution in [0.2, 0.25) is 5.02 Å². The third-order valence-electron chi connectivity index (χ3n) is 4.58. The van der Waals surface area contributed by atoms with Crippen LogP contribution >= 0.6 is 11.6 Å². The van der Waals surface area contributed by atoms with Crippen molar-refractivity contribution in [3.63, 3.8) is 0 Å². The molecule has 1 saturated heterocycles. The molecular formula is C18H18ClFN4O5S. The molecule has 0 bridgehead atoms. The lowest BCUT2D eigenvalue weighted by Gasteiger charge is -2.33. The molecule has 2 aromatic carbocycles. The van der Waals surface area contributed by atoms with Crippen molar-refractivity contribution in [1.29, 1.82) is 0 Å². The number of nitrogens with zero attached hydrogens (tertiary/aromatic N) is 3. The van der Waals surface area contributed by atoms with Crippen LogP contribution in [0.1, 0.15) is 0 Å². The van der Waals surface area contributed by atoms with Crippen molar-refractivity contribution in [2.24, 2.45) is 0 Å². The molecule has 0 aromatic heterocycles. The number of benzene rings is 2. The van der Waals surface area contributed by atoms with Crippen LogP contribution in [0.4, 0.5) is 15.8 Å². The highest BCUT2D eigenvalue weighted by Gasteiger charge is 2.33. The number of anilines is 1. The van der Waals surface area contributed by atoms with Gasteiger partial charge < -0.3 is 5.32 Å². The number of rotatable bonds is 6. The lowest BCUT2D eigenvalue weighted by atomic mass is 10.3. The van der Waals surface area contributed by atoms with E-state index in [1.807, 2.05) is 0 Å². The maximum absolute atomic E-state index is 13.7. The number of piperazine rings is 1. The summed E-state index contributed by atoms with van der Waals surface area (Å²) in [6, 6.07) is 8.97. The molecule has 1 heterocycles. The average Bonchev–Trinajstić information content (AvgIpc) is 2.71. The molecule has 1 aliphatic heterocycles. The summed E-state index contributed by atoms with van der Waals surface area (Å²) in [4.78, 5) is 24.0. The Morgan fingerprint density at radius 2 is 1.83 bits per heavy atom. The number of nitro benzene ring substituents is 1. The predicted molar refractivity (Wildman–Crippen MR) is 108 cm³/mol. The number of amides is 1. The minimum absolute atomic E-state index is 0.0369. The number of hydrogen-bond donors (Lipinski definition) is 1. The van der Waals surface area contributed by atoms with Crippen molar-refractivity contribution in [3.8, 4) is 0 Å². The van der Waals surface area contributed by atoms with Gasteiger partial charge in [0.25, 0.3) is 5.69 Å². The zero-order valence-corrected chi connectivity index (χ0v) is 17.2. The van der Waals surface area contributed by atoms with Gasteiger partial charge in [-0.15, -0.1) is 0 Å². The second-order valence-corrected chi connectivity index (χ2v) is 8.92. The molecule has 0 atom stereocenters. The monoisotopic (exact) mass is 456 g/mol. The van der Waals surface area contributed by atoms with Gasteiger partial charge in [0, 0.05) is 37.3 Å². The number of carbonyl (C=O) groups is 1. The van der Waals surface area contributed by atoms with Crippen LogP contribution in [-0.4, -0.2) is 61.2 Å². The fraction of sp³-hybridized carbons (Fsp3) is 0.278. The van der Waals surface area contributed by atoms with Gasteiger partial charge in [-0.3, -0.25) is 19.8 Å². The first-order chi connectivity index (χ1) is 14.2. The quantitative estimate of drug-likeness (QED) is 0.527. The number of sulfonamides is 1. The maximum Gasteiger partial charge on any atom is 0.289 e. The van der Waals surface area contributed by atoms with Gasteiger partial charge in [0.1, 0.15) is 5.82 Å². The Balaban J connectivity index is 1.61. The van der Waals surface area contributed by atoms with E-state index in [4.69, 9.17) is 11.6 Å². The van der Waals surface area contributed by atoms with E-state index in [0.717, 1.165) is 16.4 Å². The fourth-order valence-corrected chi connectivity index (χ4v) is 4.83. The summed E-state index contributed by atoms with van der Waals surface area (Å²) in [7, 11) is -4.05. The van der Waals surface area contributed by atoms with Gasteiger partial charge in [0.2, 0.25) is 15.9 Å². The molecule has 0 aliphatic carbocycles. The van der Waals surface area contributed by atoms with Gasteiger partial charge in [0.05, 0.1) is 17.2 Å². The molecule has 9 nitrogen and oxygen atoms in total. The van der Waals surface area contributed by atoms with E-state index in [9.17, 15) is 27.7 Å². The molecule has 1 amide bonds. The molecule has 1 N–H and O–H groups in total. The third-order valence-corrected chi connectivity index (χ3v) is 6.76. The zero-order chi connectivity index (χ0) is 21.9. The minimum atomic E-state index is -4.05. The molecule has 0 radical (unpaired) electrons. The number of halogens is 2. The van der Waals surface area contributed by atoms with E-state index in [1.165, 1.54) is 30.3 Å². The van der Waals surface area contributed by atoms with Crippen LogP contribution in [-0.2, 0) is 14.8 Å². The normalized spacial score (nSPS) is 15.7. The summed E-state index contributed by atoms with van der Waals surface area (Å²) < 4.78 is 40.5. The molecule has 3 rings (SSSR count). The summed E-state index contributed by atoms with van der Waals surface area (Å²) in [6.07, 6.45) is 0. The molecule has 0 spiro atoms. The average molecular weight is 457 g/mol. The highest BCUT2D eigenvalue weighted by molar-refractivity contribution is 7.89. The van der Waals surface area contributed by atoms with Crippen LogP contribution < -0.4 is 5.32 Å². The van der Waals surface area contributed by atoms with Crippen molar-refractivity contribution in [2.45, 2.75) is 4.90 Å². The summed E-state index contributed by atoms with van der Waals surface area (Å²) in [5, 5.41) is 13.9. The van der Waals surface area contributed by atoms with E-state index in [2.05, 4.69) is 5.32 Å². The first-order valence-electron chi connectivity index (χ1n) is 8.89. The van der Waals surface area contributed by atoms with Gasteiger partial charge in [0.15, 0.2) is 4.90 Å². The minimum Gasteiger partial charge on any atom is -0.322 e. The summed E-state index contributed by atoms with van der Waals surface area (Å²) >= 11 is 5.80. The Morgan fingerprint density at radius 1 is 1.17 bits per heavy atom. The number of carbonyl (C=O) groups excluding carboxylic acids is 1. The summed E-state index contributed by atoms with van der Waals surface area (Å²) in [5.74, 6) is -1.08. The lowest BCUT2D eigenvalue weighted by molar-refractivity contribution is -0.387. The van der Waals surface area contributed by atoms with Crippen molar-refractivity contribution in [2.75, 3.05) is 38.0 Å². The molecule has 2 aromatic rings. The highest BCUT2D eigenvalue weighted by atomic mass is 35.5. The first kappa shape index (κ1) is 22.1. The van der Waals surface area contributed by atoms with Crippen molar-refractivity contribution >= 4 is 38.9 Å². The van der Waals surface area contributed by atoms with Crippen molar-refractivity contribution in [1.82, 2.24) is 9.21 Å². The Hall–Kier alpha value is -2.60. The largest absolute Gasteiger partial charge is 0.322 e. The molecular weight excluding hydrogens is 439 g/mol. The summed E-state index contributed by atoms with van der Waals surface area (Å²) in [5.41, 5.74) is -0.520. The van der Waals surface area contributed by atoms with Crippen molar-refractivity contribution < 1.29 is 22.5 Å². The van der Waals surface area contributed by atoms with Crippen LogP contribution in [0.25, 0.3) is 0 Å². The first-order valence-corrected chi connectivity index (χ1v) is 10.7. The van der Waals surface area contributed by atoms with E-state index in [-0.39, 0.29) is 48.3 Å². The van der Waals surface area contributed by atoms with Gasteiger partial charge in [-0.2, -0.15) is 4.31 Å². The number of para-hydroxylation sites is 1. The van der Waals surface area contributed by atoms with Gasteiger partial charge >= 0.3 is 0 Å². The van der Waals surface area contributed by atoms with E-state index < -0.39 is 32.4 Å². The van der Waals surface area contributed by atoms with Crippen molar-refractivity contribution in [3.05, 3.63) is 63.4 Å². The smallest absolute Gasteiger partial charge is 0.289 e. The molecule has 0 saturated carbocycles. The van der Waals surface area contributed by atoms with Crippen LogP contribution in [0.3, 0.4) is 0 Å². The number of nitro groups is 1. The molecule has 1 fully saturated rings. The lowest BCUT2D eigenvalue weighted by Crippen LogP contribution is -2.50. The Labute approximate surface area is 177 Å². The van der Waals surface area contributed by atoms with Gasteiger partial charge in [-0.25, -0.2) is 12.8 Å². The Bertz CT molecular complexity index is 1070. The molecule has 0 unspecified atom stereocenters. The topological polar surface area (TPSA) is 113 Å². The second-order valence-electron chi connectivity index (χ2n) is 6.58. The Kier molecular flexibility index (Phi) is 6.66. The van der Waals surface area contributed by atoms with Crippen LogP contribution in [0, 0.1) is 15.9 Å². The molecule has 1 aliphatic rings. The Morgan fingerprint density at radius 3 is 2.50 bits per heavy atom. The number of nitrogens with one attached hydrogen (secondary N) is 1. The fourth-order valence-electron chi connectivity index (χ4n) is 3.08. The van der Waals surface area contributed by atoms with E-state index in [0.29, 0.717) is 0 Å². The molecule has 12 heteroatoms. The molecule has 30 heavy (non-hydrogen) atoms. The maximum atomic E-state index is 13.7. The van der Waals surface area contributed by atoms with Gasteiger partial charge in [-0.1, -0.05) is 23.7 Å². The van der Waals surface area contributed by atoms with Crippen LogP contribution in [0.5, 0.6) is 0 Å². The van der Waals surface area contributed by atoms with E-state index in [1.54, 1.807) is 4.90 Å². The van der Waals surface area contributed by atoms with Crippen LogP contribution in [0.15, 0.2) is 47.4 Å². The standard InChI is InChI=1S/C18H18ClFN4O5S/c19-13-5-6-14(20)15(11-13)21-18(25)12-22-7-9-23(10-8-22)30(28,29)17-4-2-1-3-16(17)24(26)27/h1-6,11H,7-10,12H2,(H,21,25). The summed E-state index contributed by atoms with van der Waals surface area (Å²) in [6.45, 7) is 0.544. The highest BCUT2D eigenvalue weighted by Crippen LogP contribution is 2.27. The van der Waals surface area contributed by atoms with Gasteiger partial charge in [-0.05, 0) is 24.3 Å². The second kappa shape index (κ2) is 9.04. The predicted octanol–water partition coefficient (Wildman–Crippen LogP) is 2.33. The number of hydrogen-bond acceptors (Lipinski definition) is 6. The SMILES string of the molecule is O=C(CN1CCN(S(=O)(=O)c2ccccc2[N+](=O)[O-])CC1)Nc1cc(Cl)ccc1F. The molecule has 160 valence electrons. The van der Waals surface area contributed by atoms with E-state index >= 15 is 0 Å².